The second kappa shape index (κ2) is 6.99. The molecule has 1 aromatic heterocycles. The molecular formula is C18H26ClN5O2S. The fourth-order valence-electron chi connectivity index (χ4n) is 4.70. The van der Waals surface area contributed by atoms with Crippen molar-refractivity contribution in [1.82, 2.24) is 9.97 Å². The molecule has 9 heteroatoms. The molecule has 1 aliphatic heterocycles. The van der Waals surface area contributed by atoms with Crippen molar-refractivity contribution in [3.63, 3.8) is 0 Å². The summed E-state index contributed by atoms with van der Waals surface area (Å²) in [5.41, 5.74) is 6.34. The van der Waals surface area contributed by atoms with E-state index in [1.165, 1.54) is 0 Å². The van der Waals surface area contributed by atoms with Gasteiger partial charge in [0.2, 0.25) is 5.95 Å². The van der Waals surface area contributed by atoms with Gasteiger partial charge in [-0.05, 0) is 31.1 Å². The average molecular weight is 412 g/mol. The van der Waals surface area contributed by atoms with Crippen molar-refractivity contribution < 1.29 is 9.84 Å². The van der Waals surface area contributed by atoms with Gasteiger partial charge in [-0.2, -0.15) is 4.98 Å². The Bertz CT molecular complexity index is 760. The van der Waals surface area contributed by atoms with Gasteiger partial charge in [0.25, 0.3) is 0 Å². The molecule has 2 aliphatic carbocycles. The molecule has 3 aliphatic rings. The third-order valence-electron chi connectivity index (χ3n) is 6.79. The predicted molar refractivity (Wildman–Crippen MR) is 109 cm³/mol. The summed E-state index contributed by atoms with van der Waals surface area (Å²) in [6.07, 6.45) is 2.48. The summed E-state index contributed by atoms with van der Waals surface area (Å²) in [5.74, 6) is 1.66. The van der Waals surface area contributed by atoms with Crippen molar-refractivity contribution >= 4 is 40.6 Å². The first kappa shape index (κ1) is 19.1. The number of aromatic nitrogens is 2. The molecule has 5 N–H and O–H groups in total. The molecule has 0 aromatic carbocycles. The molecule has 3 fully saturated rings. The van der Waals surface area contributed by atoms with Crippen LogP contribution in [0.5, 0.6) is 0 Å². The summed E-state index contributed by atoms with van der Waals surface area (Å²) in [4.78, 5) is 9.16. The van der Waals surface area contributed by atoms with E-state index in [-0.39, 0.29) is 33.7 Å². The van der Waals surface area contributed by atoms with E-state index in [9.17, 15) is 5.11 Å². The van der Waals surface area contributed by atoms with E-state index in [2.05, 4.69) is 34.4 Å². The van der Waals surface area contributed by atoms with Crippen molar-refractivity contribution in [2.75, 3.05) is 23.8 Å². The Hall–Kier alpha value is -1.22. The molecule has 0 spiro atoms. The van der Waals surface area contributed by atoms with Gasteiger partial charge in [0.05, 0.1) is 11.7 Å². The summed E-state index contributed by atoms with van der Waals surface area (Å²) in [6, 6.07) is 0.434. The summed E-state index contributed by atoms with van der Waals surface area (Å²) in [7, 11) is 0. The van der Waals surface area contributed by atoms with Crippen LogP contribution in [-0.2, 0) is 4.74 Å². The number of nitrogens with two attached hydrogens (primary N) is 1. The molecule has 27 heavy (non-hydrogen) atoms. The Morgan fingerprint density at radius 3 is 2.63 bits per heavy atom. The van der Waals surface area contributed by atoms with Gasteiger partial charge in [-0.1, -0.05) is 37.7 Å². The molecule has 5 atom stereocenters. The van der Waals surface area contributed by atoms with Crippen molar-refractivity contribution in [2.24, 2.45) is 23.0 Å². The number of halogens is 1. The maximum absolute atomic E-state index is 10.1. The first-order chi connectivity index (χ1) is 12.8. The van der Waals surface area contributed by atoms with Crippen LogP contribution in [0.4, 0.5) is 11.8 Å². The maximum Gasteiger partial charge on any atom is 0.226 e. The average Bonchev–Trinajstić information content (AvgIpc) is 3.03. The minimum absolute atomic E-state index is 0.0267. The van der Waals surface area contributed by atoms with Gasteiger partial charge in [-0.3, -0.25) is 0 Å². The number of hydrogen-bond acceptors (Lipinski definition) is 7. The topological polar surface area (TPSA) is 105 Å². The van der Waals surface area contributed by atoms with Crippen LogP contribution >= 0.6 is 23.8 Å². The molecule has 7 nitrogen and oxygen atoms in total. The van der Waals surface area contributed by atoms with Crippen LogP contribution in [0, 0.1) is 17.3 Å². The number of aliphatic hydroxyl groups is 1. The second-order valence-electron chi connectivity index (χ2n) is 8.15. The molecule has 2 heterocycles. The monoisotopic (exact) mass is 411 g/mol. The quantitative estimate of drug-likeness (QED) is 0.431. The molecule has 1 saturated heterocycles. The zero-order valence-electron chi connectivity index (χ0n) is 15.5. The third kappa shape index (κ3) is 3.26. The maximum atomic E-state index is 10.1. The molecular weight excluding hydrogens is 386 g/mol. The van der Waals surface area contributed by atoms with Crippen molar-refractivity contribution in [2.45, 2.75) is 51.3 Å². The molecule has 0 bridgehead atoms. The first-order valence-corrected chi connectivity index (χ1v) is 10.3. The van der Waals surface area contributed by atoms with E-state index in [4.69, 9.17) is 34.3 Å². The van der Waals surface area contributed by atoms with Gasteiger partial charge in [0.15, 0.2) is 0 Å². The van der Waals surface area contributed by atoms with E-state index < -0.39 is 0 Å². The number of anilines is 2. The SMILES string of the molecule is CC1C(Nc2nc(NC3CCOCC3)nc(Cl)c2C(N)=S)CC2C(O)C12C. The lowest BCUT2D eigenvalue weighted by Crippen LogP contribution is -2.33. The second-order valence-corrected chi connectivity index (χ2v) is 8.95. The van der Waals surface area contributed by atoms with Crippen molar-refractivity contribution in [3.8, 4) is 0 Å². The Morgan fingerprint density at radius 2 is 2.04 bits per heavy atom. The molecule has 2 saturated carbocycles. The van der Waals surface area contributed by atoms with Crippen LogP contribution in [0.2, 0.25) is 5.15 Å². The van der Waals surface area contributed by atoms with E-state index in [0.717, 1.165) is 32.5 Å². The smallest absolute Gasteiger partial charge is 0.226 e. The normalized spacial score (nSPS) is 35.6. The molecule has 1 aromatic rings. The van der Waals surface area contributed by atoms with Gasteiger partial charge in [0, 0.05) is 30.7 Å². The van der Waals surface area contributed by atoms with Crippen LogP contribution in [-0.4, -0.2) is 51.5 Å². The number of nitrogens with one attached hydrogen (secondary N) is 2. The van der Waals surface area contributed by atoms with Gasteiger partial charge in [-0.25, -0.2) is 4.98 Å². The zero-order valence-corrected chi connectivity index (χ0v) is 17.1. The molecule has 4 rings (SSSR count). The summed E-state index contributed by atoms with van der Waals surface area (Å²) in [6.45, 7) is 5.76. The van der Waals surface area contributed by atoms with E-state index in [0.29, 0.717) is 29.2 Å². The third-order valence-corrected chi connectivity index (χ3v) is 7.27. The summed E-state index contributed by atoms with van der Waals surface area (Å²) in [5, 5.41) is 17.2. The highest BCUT2D eigenvalue weighted by molar-refractivity contribution is 7.80. The number of rotatable bonds is 5. The lowest BCUT2D eigenvalue weighted by Gasteiger charge is -2.27. The van der Waals surface area contributed by atoms with Crippen LogP contribution in [0.3, 0.4) is 0 Å². The van der Waals surface area contributed by atoms with Crippen LogP contribution in [0.15, 0.2) is 0 Å². The van der Waals surface area contributed by atoms with E-state index >= 15 is 0 Å². The lowest BCUT2D eigenvalue weighted by molar-refractivity contribution is 0.0903. The first-order valence-electron chi connectivity index (χ1n) is 9.48. The Balaban J connectivity index is 1.57. The Morgan fingerprint density at radius 1 is 1.33 bits per heavy atom. The van der Waals surface area contributed by atoms with Gasteiger partial charge < -0.3 is 26.2 Å². The number of fused-ring (bicyclic) bond motifs is 1. The van der Waals surface area contributed by atoms with Gasteiger partial charge >= 0.3 is 0 Å². The fraction of sp³-hybridized carbons (Fsp3) is 0.722. The standard InChI is InChI=1S/C18H26ClN5O2S/c1-8-11(7-10-13(25)18(8,10)2)22-16-12(15(20)27)14(19)23-17(24-16)21-9-3-5-26-6-4-9/h8-11,13,25H,3-7H2,1-2H3,(H2,20,27)(H2,21,22,23,24). The van der Waals surface area contributed by atoms with Gasteiger partial charge in [-0.15, -0.1) is 0 Å². The number of nitrogens with zero attached hydrogens (tertiary/aromatic N) is 2. The minimum Gasteiger partial charge on any atom is -0.392 e. The number of thiocarbonyl (C=S) groups is 1. The van der Waals surface area contributed by atoms with Gasteiger partial charge in [0.1, 0.15) is 16.0 Å². The molecule has 148 valence electrons. The highest BCUT2D eigenvalue weighted by Gasteiger charge is 2.69. The highest BCUT2D eigenvalue weighted by atomic mass is 35.5. The number of aliphatic hydroxyl groups excluding tert-OH is 1. The lowest BCUT2D eigenvalue weighted by atomic mass is 9.90. The highest BCUT2D eigenvalue weighted by Crippen LogP contribution is 2.66. The molecule has 5 unspecified atom stereocenters. The summed E-state index contributed by atoms with van der Waals surface area (Å²) >= 11 is 11.6. The molecule has 0 amide bonds. The van der Waals surface area contributed by atoms with E-state index in [1.807, 2.05) is 0 Å². The van der Waals surface area contributed by atoms with Crippen LogP contribution < -0.4 is 16.4 Å². The predicted octanol–water partition coefficient (Wildman–Crippen LogP) is 2.17. The van der Waals surface area contributed by atoms with Crippen LogP contribution in [0.1, 0.15) is 38.7 Å². The summed E-state index contributed by atoms with van der Waals surface area (Å²) < 4.78 is 5.39. The minimum atomic E-state index is -0.208. The van der Waals surface area contributed by atoms with Crippen LogP contribution in [0.25, 0.3) is 0 Å². The van der Waals surface area contributed by atoms with E-state index in [1.54, 1.807) is 0 Å². The number of ether oxygens (including phenoxy) is 1. The number of hydrogen-bond donors (Lipinski definition) is 4. The van der Waals surface area contributed by atoms with Crippen molar-refractivity contribution in [1.29, 1.82) is 0 Å². The zero-order chi connectivity index (χ0) is 19.3. The Kier molecular flexibility index (Phi) is 4.95. The molecule has 0 radical (unpaired) electrons. The Labute approximate surface area is 169 Å². The largest absolute Gasteiger partial charge is 0.392 e. The fourth-order valence-corrected chi connectivity index (χ4v) is 5.23. The van der Waals surface area contributed by atoms with Crippen molar-refractivity contribution in [3.05, 3.63) is 10.7 Å².